The molecule has 1 saturated heterocycles. The van der Waals surface area contributed by atoms with E-state index in [9.17, 15) is 5.11 Å². The molecule has 118 valence electrons. The van der Waals surface area contributed by atoms with E-state index in [-0.39, 0.29) is 6.61 Å². The van der Waals surface area contributed by atoms with Gasteiger partial charge in [0.15, 0.2) is 0 Å². The average molecular weight is 299 g/mol. The number of likely N-dealkylation sites (tertiary alicyclic amines) is 1. The molecule has 1 aliphatic rings. The van der Waals surface area contributed by atoms with Crippen LogP contribution in [0.25, 0.3) is 5.69 Å². The van der Waals surface area contributed by atoms with Crippen LogP contribution in [0.15, 0.2) is 36.5 Å². The molecule has 1 aromatic heterocycles. The molecule has 1 atom stereocenters. The van der Waals surface area contributed by atoms with E-state index in [2.05, 4.69) is 35.3 Å². The van der Waals surface area contributed by atoms with Gasteiger partial charge in [-0.3, -0.25) is 4.90 Å². The zero-order chi connectivity index (χ0) is 15.4. The molecule has 1 N–H and O–H groups in total. The number of nitrogens with zero attached hydrogens (tertiary/aromatic N) is 3. The monoisotopic (exact) mass is 299 g/mol. The summed E-state index contributed by atoms with van der Waals surface area (Å²) in [6.45, 7) is 4.42. The minimum Gasteiger partial charge on any atom is -0.396 e. The van der Waals surface area contributed by atoms with Crippen LogP contribution in [0.3, 0.4) is 0 Å². The highest BCUT2D eigenvalue weighted by molar-refractivity contribution is 5.32. The van der Waals surface area contributed by atoms with Crippen molar-refractivity contribution in [2.75, 3.05) is 13.2 Å². The number of hydrogen-bond donors (Lipinski definition) is 1. The number of rotatable bonds is 5. The van der Waals surface area contributed by atoms with Gasteiger partial charge in [-0.15, -0.1) is 0 Å². The molecular weight excluding hydrogens is 274 g/mol. The van der Waals surface area contributed by atoms with Crippen LogP contribution in [0.1, 0.15) is 36.9 Å². The molecule has 4 nitrogen and oxygen atoms in total. The van der Waals surface area contributed by atoms with Gasteiger partial charge in [0.25, 0.3) is 0 Å². The van der Waals surface area contributed by atoms with E-state index < -0.39 is 0 Å². The largest absolute Gasteiger partial charge is 0.396 e. The molecule has 1 aromatic carbocycles. The summed E-state index contributed by atoms with van der Waals surface area (Å²) in [6, 6.07) is 10.8. The third-order valence-corrected chi connectivity index (χ3v) is 4.61. The van der Waals surface area contributed by atoms with Crippen LogP contribution in [0.5, 0.6) is 0 Å². The van der Waals surface area contributed by atoms with Crippen LogP contribution in [0.2, 0.25) is 0 Å². The second kappa shape index (κ2) is 7.07. The van der Waals surface area contributed by atoms with Crippen molar-refractivity contribution in [3.05, 3.63) is 47.8 Å². The first kappa shape index (κ1) is 15.3. The van der Waals surface area contributed by atoms with Gasteiger partial charge in [0.2, 0.25) is 0 Å². The van der Waals surface area contributed by atoms with Gasteiger partial charge in [0.05, 0.1) is 11.4 Å². The van der Waals surface area contributed by atoms with E-state index in [0.717, 1.165) is 30.9 Å². The Hall–Kier alpha value is -1.65. The highest BCUT2D eigenvalue weighted by Gasteiger charge is 2.23. The van der Waals surface area contributed by atoms with Crippen LogP contribution in [-0.4, -0.2) is 39.0 Å². The normalized spacial score (nSPS) is 19.5. The summed E-state index contributed by atoms with van der Waals surface area (Å²) in [4.78, 5) is 2.51. The Labute approximate surface area is 132 Å². The van der Waals surface area contributed by atoms with Crippen LogP contribution in [-0.2, 0) is 6.54 Å². The summed E-state index contributed by atoms with van der Waals surface area (Å²) in [6.07, 6.45) is 6.77. The first-order valence-electron chi connectivity index (χ1n) is 8.23. The smallest absolute Gasteiger partial charge is 0.0645 e. The molecule has 0 spiro atoms. The van der Waals surface area contributed by atoms with E-state index >= 15 is 0 Å². The quantitative estimate of drug-likeness (QED) is 0.923. The molecule has 2 heterocycles. The number of hydrogen-bond acceptors (Lipinski definition) is 3. The van der Waals surface area contributed by atoms with Gasteiger partial charge in [0, 0.05) is 31.0 Å². The van der Waals surface area contributed by atoms with E-state index in [1.165, 1.54) is 24.8 Å². The Morgan fingerprint density at radius 1 is 1.23 bits per heavy atom. The molecule has 1 unspecified atom stereocenters. The van der Waals surface area contributed by atoms with Gasteiger partial charge in [-0.05, 0) is 44.9 Å². The molecule has 22 heavy (non-hydrogen) atoms. The molecule has 1 fully saturated rings. The molecule has 0 saturated carbocycles. The number of aliphatic hydroxyl groups excluding tert-OH is 1. The van der Waals surface area contributed by atoms with Crippen molar-refractivity contribution in [3.63, 3.8) is 0 Å². The van der Waals surface area contributed by atoms with Gasteiger partial charge in [-0.1, -0.05) is 24.6 Å². The highest BCUT2D eigenvalue weighted by atomic mass is 16.3. The molecular formula is C18H25N3O. The zero-order valence-electron chi connectivity index (χ0n) is 13.3. The summed E-state index contributed by atoms with van der Waals surface area (Å²) in [7, 11) is 0. The van der Waals surface area contributed by atoms with Gasteiger partial charge in [-0.25, -0.2) is 4.68 Å². The van der Waals surface area contributed by atoms with Gasteiger partial charge >= 0.3 is 0 Å². The Morgan fingerprint density at radius 2 is 2.05 bits per heavy atom. The average Bonchev–Trinajstić information content (AvgIpc) is 2.91. The second-order valence-corrected chi connectivity index (χ2v) is 6.15. The van der Waals surface area contributed by atoms with Gasteiger partial charge in [-0.2, -0.15) is 5.10 Å². The Bertz CT molecular complexity index is 592. The molecule has 3 rings (SSSR count). The first-order chi connectivity index (χ1) is 10.8. The van der Waals surface area contributed by atoms with Crippen molar-refractivity contribution in [2.24, 2.45) is 0 Å². The lowest BCUT2D eigenvalue weighted by molar-refractivity contribution is 0.112. The third kappa shape index (κ3) is 3.39. The second-order valence-electron chi connectivity index (χ2n) is 6.15. The van der Waals surface area contributed by atoms with Crippen molar-refractivity contribution < 1.29 is 5.11 Å². The van der Waals surface area contributed by atoms with Crippen molar-refractivity contribution in [2.45, 2.75) is 45.2 Å². The molecule has 0 bridgehead atoms. The zero-order valence-corrected chi connectivity index (χ0v) is 13.3. The molecule has 4 heteroatoms. The fourth-order valence-electron chi connectivity index (χ4n) is 3.33. The SMILES string of the molecule is Cc1nn(-c2ccccc2)cc1CN1CCCCC1CCO. The van der Waals surface area contributed by atoms with E-state index in [4.69, 9.17) is 0 Å². The Morgan fingerprint density at radius 3 is 2.82 bits per heavy atom. The standard InChI is InChI=1S/C18H25N3O/c1-15-16(13-20-11-6-5-7-17(20)10-12-22)14-21(19-15)18-8-3-2-4-9-18/h2-4,8-9,14,17,22H,5-7,10-13H2,1H3. The number of aryl methyl sites for hydroxylation is 1. The van der Waals surface area contributed by atoms with Crippen LogP contribution < -0.4 is 0 Å². The minimum absolute atomic E-state index is 0.281. The molecule has 0 aliphatic carbocycles. The third-order valence-electron chi connectivity index (χ3n) is 4.61. The van der Waals surface area contributed by atoms with E-state index in [0.29, 0.717) is 6.04 Å². The highest BCUT2D eigenvalue weighted by Crippen LogP contribution is 2.23. The van der Waals surface area contributed by atoms with Crippen LogP contribution >= 0.6 is 0 Å². The number of aromatic nitrogens is 2. The summed E-state index contributed by atoms with van der Waals surface area (Å²) in [5, 5.41) is 13.9. The van der Waals surface area contributed by atoms with E-state index in [1.807, 2.05) is 22.9 Å². The summed E-state index contributed by atoms with van der Waals surface area (Å²) in [5.41, 5.74) is 3.48. The van der Waals surface area contributed by atoms with Crippen molar-refractivity contribution in [1.29, 1.82) is 0 Å². The number of piperidine rings is 1. The molecule has 2 aromatic rings. The maximum Gasteiger partial charge on any atom is 0.0645 e. The summed E-state index contributed by atoms with van der Waals surface area (Å²) >= 11 is 0. The predicted molar refractivity (Wildman–Crippen MR) is 88.1 cm³/mol. The first-order valence-corrected chi connectivity index (χ1v) is 8.23. The molecule has 0 amide bonds. The Balaban J connectivity index is 1.76. The lowest BCUT2D eigenvalue weighted by Gasteiger charge is -2.35. The fraction of sp³-hybridized carbons (Fsp3) is 0.500. The lowest BCUT2D eigenvalue weighted by atomic mass is 9.99. The molecule has 0 radical (unpaired) electrons. The summed E-state index contributed by atoms with van der Waals surface area (Å²) < 4.78 is 1.97. The van der Waals surface area contributed by atoms with Gasteiger partial charge < -0.3 is 5.11 Å². The maximum absolute atomic E-state index is 9.27. The Kier molecular flexibility index (Phi) is 4.90. The van der Waals surface area contributed by atoms with Crippen molar-refractivity contribution >= 4 is 0 Å². The lowest BCUT2D eigenvalue weighted by Crippen LogP contribution is -2.39. The summed E-state index contributed by atoms with van der Waals surface area (Å²) in [5.74, 6) is 0. The maximum atomic E-state index is 9.27. The minimum atomic E-state index is 0.281. The number of benzene rings is 1. The van der Waals surface area contributed by atoms with Gasteiger partial charge in [0.1, 0.15) is 0 Å². The van der Waals surface area contributed by atoms with Crippen molar-refractivity contribution in [3.8, 4) is 5.69 Å². The van der Waals surface area contributed by atoms with Crippen LogP contribution in [0, 0.1) is 6.92 Å². The number of para-hydroxylation sites is 1. The van der Waals surface area contributed by atoms with Crippen molar-refractivity contribution in [1.82, 2.24) is 14.7 Å². The topological polar surface area (TPSA) is 41.3 Å². The van der Waals surface area contributed by atoms with E-state index in [1.54, 1.807) is 0 Å². The number of aliphatic hydroxyl groups is 1. The fourth-order valence-corrected chi connectivity index (χ4v) is 3.33. The predicted octanol–water partition coefficient (Wildman–Crippen LogP) is 2.92. The van der Waals surface area contributed by atoms with Crippen LogP contribution in [0.4, 0.5) is 0 Å². The molecule has 1 aliphatic heterocycles.